The van der Waals surface area contributed by atoms with Crippen LogP contribution in [0.25, 0.3) is 0 Å². The van der Waals surface area contributed by atoms with Crippen LogP contribution in [0.4, 0.5) is 0 Å². The third-order valence-electron chi connectivity index (χ3n) is 3.79. The molecule has 0 spiro atoms. The number of likely N-dealkylation sites (tertiary alicyclic amines) is 1. The molecule has 1 saturated heterocycles. The number of rotatable bonds is 5. The average Bonchev–Trinajstić information content (AvgIpc) is 3.00. The second kappa shape index (κ2) is 9.06. The van der Waals surface area contributed by atoms with Crippen LogP contribution in [-0.4, -0.2) is 44.6 Å². The Balaban J connectivity index is 0.00000116. The third-order valence-corrected chi connectivity index (χ3v) is 3.79. The second-order valence-electron chi connectivity index (χ2n) is 6.06. The minimum atomic E-state index is -0.918. The SMILES string of the molecule is C/C=C\CCN1CCCC(n2ncc(C(C)(C)O)n2)C1.CC. The van der Waals surface area contributed by atoms with Gasteiger partial charge in [0.25, 0.3) is 0 Å². The summed E-state index contributed by atoms with van der Waals surface area (Å²) in [5.41, 5.74) is -0.276. The Kier molecular flexibility index (Phi) is 7.76. The summed E-state index contributed by atoms with van der Waals surface area (Å²) in [6.45, 7) is 12.8. The Labute approximate surface area is 135 Å². The summed E-state index contributed by atoms with van der Waals surface area (Å²) in [6, 6.07) is 0.324. The van der Waals surface area contributed by atoms with Crippen molar-refractivity contribution < 1.29 is 5.11 Å². The van der Waals surface area contributed by atoms with Crippen LogP contribution < -0.4 is 0 Å². The number of nitrogens with zero attached hydrogens (tertiary/aromatic N) is 4. The second-order valence-corrected chi connectivity index (χ2v) is 6.06. The van der Waals surface area contributed by atoms with Crippen LogP contribution in [0.2, 0.25) is 0 Å². The van der Waals surface area contributed by atoms with Crippen LogP contribution in [0.15, 0.2) is 18.3 Å². The highest BCUT2D eigenvalue weighted by molar-refractivity contribution is 5.02. The largest absolute Gasteiger partial charge is 0.384 e. The number of aromatic nitrogens is 3. The highest BCUT2D eigenvalue weighted by Gasteiger charge is 2.25. The molecule has 0 bridgehead atoms. The first-order valence-corrected chi connectivity index (χ1v) is 8.49. The number of hydrogen-bond donors (Lipinski definition) is 1. The van der Waals surface area contributed by atoms with Crippen LogP contribution in [0.5, 0.6) is 0 Å². The van der Waals surface area contributed by atoms with Gasteiger partial charge in [-0.1, -0.05) is 26.0 Å². The summed E-state index contributed by atoms with van der Waals surface area (Å²) in [5.74, 6) is 0. The molecular weight excluding hydrogens is 276 g/mol. The van der Waals surface area contributed by atoms with E-state index in [1.54, 1.807) is 24.8 Å². The molecule has 1 aliphatic rings. The zero-order valence-electron chi connectivity index (χ0n) is 14.8. The molecule has 1 atom stereocenters. The summed E-state index contributed by atoms with van der Waals surface area (Å²) >= 11 is 0. The maximum absolute atomic E-state index is 9.96. The van der Waals surface area contributed by atoms with Gasteiger partial charge in [0.05, 0.1) is 12.2 Å². The molecule has 0 aromatic carbocycles. The molecule has 5 nitrogen and oxygen atoms in total. The first-order valence-electron chi connectivity index (χ1n) is 8.49. The predicted molar refractivity (Wildman–Crippen MR) is 90.8 cm³/mol. The summed E-state index contributed by atoms with van der Waals surface area (Å²) in [4.78, 5) is 4.26. The molecule has 1 fully saturated rings. The molecule has 0 radical (unpaired) electrons. The van der Waals surface area contributed by atoms with Crippen molar-refractivity contribution in [1.29, 1.82) is 0 Å². The first-order chi connectivity index (χ1) is 10.5. The normalized spacial score (nSPS) is 20.0. The molecule has 1 aliphatic heterocycles. The Hall–Kier alpha value is -1.20. The molecule has 1 N–H and O–H groups in total. The quantitative estimate of drug-likeness (QED) is 0.849. The lowest BCUT2D eigenvalue weighted by atomic mass is 10.1. The Morgan fingerprint density at radius 2 is 2.14 bits per heavy atom. The predicted octanol–water partition coefficient (Wildman–Crippen LogP) is 3.13. The van der Waals surface area contributed by atoms with E-state index in [4.69, 9.17) is 0 Å². The van der Waals surface area contributed by atoms with Crippen molar-refractivity contribution in [2.45, 2.75) is 65.5 Å². The Morgan fingerprint density at radius 3 is 2.73 bits per heavy atom. The van der Waals surface area contributed by atoms with Gasteiger partial charge in [0, 0.05) is 13.1 Å². The third kappa shape index (κ3) is 5.54. The van der Waals surface area contributed by atoms with Gasteiger partial charge < -0.3 is 10.0 Å². The minimum Gasteiger partial charge on any atom is -0.384 e. The Morgan fingerprint density at radius 1 is 1.41 bits per heavy atom. The van der Waals surface area contributed by atoms with Crippen LogP contribution in [0.3, 0.4) is 0 Å². The molecule has 2 heterocycles. The van der Waals surface area contributed by atoms with Gasteiger partial charge in [0.15, 0.2) is 0 Å². The van der Waals surface area contributed by atoms with Gasteiger partial charge in [-0.05, 0) is 46.6 Å². The lowest BCUT2D eigenvalue weighted by Crippen LogP contribution is -2.37. The summed E-state index contributed by atoms with van der Waals surface area (Å²) in [7, 11) is 0. The van der Waals surface area contributed by atoms with Crippen molar-refractivity contribution in [3.8, 4) is 0 Å². The molecule has 1 aromatic rings. The molecule has 1 unspecified atom stereocenters. The maximum Gasteiger partial charge on any atom is 0.114 e. The van der Waals surface area contributed by atoms with Gasteiger partial charge in [-0.3, -0.25) is 0 Å². The summed E-state index contributed by atoms with van der Waals surface area (Å²) in [6.07, 6.45) is 9.39. The fraction of sp³-hybridized carbons (Fsp3) is 0.765. The molecule has 0 aliphatic carbocycles. The molecule has 126 valence electrons. The smallest absolute Gasteiger partial charge is 0.114 e. The van der Waals surface area contributed by atoms with E-state index in [9.17, 15) is 5.11 Å². The standard InChI is InChI=1S/C15H26N4O.C2H6/c1-4-5-6-9-18-10-7-8-13(12-18)19-16-11-14(17-19)15(2,3)20;1-2/h4-5,11,13,20H,6-10,12H2,1-3H3;1-2H3/b5-4-;. The van der Waals surface area contributed by atoms with Crippen molar-refractivity contribution in [3.63, 3.8) is 0 Å². The van der Waals surface area contributed by atoms with Crippen LogP contribution >= 0.6 is 0 Å². The van der Waals surface area contributed by atoms with Crippen molar-refractivity contribution in [2.75, 3.05) is 19.6 Å². The van der Waals surface area contributed by atoms with Crippen molar-refractivity contribution in [2.24, 2.45) is 0 Å². The average molecular weight is 308 g/mol. The number of piperidine rings is 1. The Bertz CT molecular complexity index is 448. The monoisotopic (exact) mass is 308 g/mol. The van der Waals surface area contributed by atoms with E-state index >= 15 is 0 Å². The number of allylic oxidation sites excluding steroid dienone is 1. The first kappa shape index (κ1) is 18.8. The summed E-state index contributed by atoms with van der Waals surface area (Å²) < 4.78 is 0. The van der Waals surface area contributed by atoms with E-state index in [0.717, 1.165) is 32.5 Å². The van der Waals surface area contributed by atoms with Gasteiger partial charge in [0.2, 0.25) is 0 Å². The maximum atomic E-state index is 9.96. The van der Waals surface area contributed by atoms with E-state index < -0.39 is 5.60 Å². The van der Waals surface area contributed by atoms with Gasteiger partial charge in [-0.25, -0.2) is 0 Å². The molecule has 5 heteroatoms. The van der Waals surface area contributed by atoms with E-state index in [-0.39, 0.29) is 0 Å². The van der Waals surface area contributed by atoms with Crippen molar-refractivity contribution in [3.05, 3.63) is 24.0 Å². The summed E-state index contributed by atoms with van der Waals surface area (Å²) in [5, 5.41) is 18.8. The zero-order chi connectivity index (χ0) is 16.6. The minimum absolute atomic E-state index is 0.324. The van der Waals surface area contributed by atoms with Crippen molar-refractivity contribution in [1.82, 2.24) is 19.9 Å². The van der Waals surface area contributed by atoms with E-state index in [0.29, 0.717) is 11.7 Å². The van der Waals surface area contributed by atoms with Gasteiger partial charge in [-0.15, -0.1) is 0 Å². The topological polar surface area (TPSA) is 54.2 Å². The molecule has 0 amide bonds. The van der Waals surface area contributed by atoms with Crippen LogP contribution in [-0.2, 0) is 5.60 Å². The molecule has 0 saturated carbocycles. The van der Waals surface area contributed by atoms with E-state index in [1.165, 1.54) is 6.42 Å². The molecule has 22 heavy (non-hydrogen) atoms. The van der Waals surface area contributed by atoms with Gasteiger partial charge >= 0.3 is 0 Å². The van der Waals surface area contributed by atoms with E-state index in [1.807, 2.05) is 13.8 Å². The van der Waals surface area contributed by atoms with Gasteiger partial charge in [0.1, 0.15) is 11.3 Å². The molecular formula is C17H32N4O. The lowest BCUT2D eigenvalue weighted by molar-refractivity contribution is 0.0719. The molecule has 2 rings (SSSR count). The highest BCUT2D eigenvalue weighted by Crippen LogP contribution is 2.22. The van der Waals surface area contributed by atoms with Gasteiger partial charge in [-0.2, -0.15) is 15.0 Å². The molecule has 1 aromatic heterocycles. The highest BCUT2D eigenvalue weighted by atomic mass is 16.3. The number of aliphatic hydroxyl groups is 1. The lowest BCUT2D eigenvalue weighted by Gasteiger charge is -2.31. The fourth-order valence-corrected chi connectivity index (χ4v) is 2.58. The number of hydrogen-bond acceptors (Lipinski definition) is 4. The van der Waals surface area contributed by atoms with Crippen LogP contribution in [0, 0.1) is 0 Å². The van der Waals surface area contributed by atoms with Crippen molar-refractivity contribution >= 4 is 0 Å². The van der Waals surface area contributed by atoms with E-state index in [2.05, 4.69) is 34.2 Å². The van der Waals surface area contributed by atoms with Crippen LogP contribution in [0.1, 0.15) is 65.6 Å². The zero-order valence-corrected chi connectivity index (χ0v) is 14.8. The fourth-order valence-electron chi connectivity index (χ4n) is 2.58.